The number of phenols is 1. The van der Waals surface area contributed by atoms with Crippen LogP contribution in [-0.4, -0.2) is 87.5 Å². The Bertz CT molecular complexity index is 1830. The lowest BCUT2D eigenvalue weighted by molar-refractivity contribution is -0.120. The van der Waals surface area contributed by atoms with Crippen molar-refractivity contribution < 1.29 is 19.5 Å². The van der Waals surface area contributed by atoms with Gasteiger partial charge in [-0.2, -0.15) is 0 Å². The number of nitrogens with one attached hydrogen (secondary N) is 2. The number of hydrogen-bond donors (Lipinski definition) is 3. The number of amides is 3. The van der Waals surface area contributed by atoms with Crippen LogP contribution < -0.4 is 10.6 Å². The Hall–Kier alpha value is -3.65. The zero-order valence-corrected chi connectivity index (χ0v) is 31.3. The normalized spacial score (nSPS) is 18.8. The molecule has 0 saturated carbocycles. The maximum atomic E-state index is 13.7. The number of nitrogens with zero attached hydrogens (tertiary/aromatic N) is 5. The van der Waals surface area contributed by atoms with Crippen molar-refractivity contribution in [1.29, 1.82) is 0 Å². The SMILES string of the molecule is CN1CCC(Cn2c([C@@H](Cc3cc(Br)c(O)c(Br)c3)NC(=O)ON3CCC(N4CCc5ccccc5NC4=O)CC3)nc3ccccc32)CC1. The number of imidazole rings is 1. The lowest BCUT2D eigenvalue weighted by atomic mass is 9.96. The van der Waals surface area contributed by atoms with Gasteiger partial charge in [-0.25, -0.2) is 14.6 Å². The Morgan fingerprint density at radius 1 is 1.00 bits per heavy atom. The summed E-state index contributed by atoms with van der Waals surface area (Å²) in [6.45, 7) is 4.62. The van der Waals surface area contributed by atoms with Gasteiger partial charge in [0.05, 0.1) is 26.0 Å². The lowest BCUT2D eigenvalue weighted by Gasteiger charge is -2.37. The second-order valence-corrected chi connectivity index (χ2v) is 15.4. The van der Waals surface area contributed by atoms with E-state index in [9.17, 15) is 14.7 Å². The quantitative estimate of drug-likeness (QED) is 0.174. The van der Waals surface area contributed by atoms with E-state index in [0.29, 0.717) is 53.8 Å². The van der Waals surface area contributed by atoms with E-state index in [0.717, 1.165) is 72.6 Å². The van der Waals surface area contributed by atoms with Crippen LogP contribution in [-0.2, 0) is 24.2 Å². The predicted molar refractivity (Wildman–Crippen MR) is 200 cm³/mol. The number of hydroxylamine groups is 2. The van der Waals surface area contributed by atoms with Gasteiger partial charge in [0.15, 0.2) is 0 Å². The molecular weight excluding hydrogens is 766 g/mol. The second kappa shape index (κ2) is 15.3. The number of rotatable bonds is 8. The fraction of sp³-hybridized carbons (Fsp3) is 0.432. The average molecular weight is 810 g/mol. The average Bonchev–Trinajstić information content (AvgIpc) is 3.37. The largest absolute Gasteiger partial charge is 0.506 e. The molecule has 4 heterocycles. The third-order valence-corrected chi connectivity index (χ3v) is 11.5. The molecule has 2 fully saturated rings. The van der Waals surface area contributed by atoms with Crippen LogP contribution in [0.4, 0.5) is 15.3 Å². The van der Waals surface area contributed by atoms with E-state index in [2.05, 4.69) is 71.1 Å². The van der Waals surface area contributed by atoms with Crippen LogP contribution >= 0.6 is 31.9 Å². The number of phenolic OH excluding ortho intramolecular Hbond substituents is 1. The summed E-state index contributed by atoms with van der Waals surface area (Å²) < 4.78 is 3.40. The summed E-state index contributed by atoms with van der Waals surface area (Å²) >= 11 is 6.94. The third-order valence-electron chi connectivity index (χ3n) is 10.3. The molecule has 3 N–H and O–H groups in total. The van der Waals surface area contributed by atoms with Crippen molar-refractivity contribution in [3.8, 4) is 5.75 Å². The highest BCUT2D eigenvalue weighted by atomic mass is 79.9. The maximum Gasteiger partial charge on any atom is 0.426 e. The number of para-hydroxylation sites is 3. The predicted octanol–water partition coefficient (Wildman–Crippen LogP) is 7.09. The van der Waals surface area contributed by atoms with Crippen molar-refractivity contribution >= 4 is 60.7 Å². The first kappa shape index (κ1) is 34.8. The molecule has 1 aromatic heterocycles. The molecular formula is C37H43Br2N7O4. The Morgan fingerprint density at radius 2 is 1.70 bits per heavy atom. The molecule has 0 bridgehead atoms. The molecule has 3 aromatic carbocycles. The number of benzene rings is 3. The number of aromatic hydroxyl groups is 1. The number of fused-ring (bicyclic) bond motifs is 2. The molecule has 0 spiro atoms. The highest BCUT2D eigenvalue weighted by molar-refractivity contribution is 9.11. The van der Waals surface area contributed by atoms with E-state index in [-0.39, 0.29) is 17.8 Å². The molecule has 0 unspecified atom stereocenters. The summed E-state index contributed by atoms with van der Waals surface area (Å²) in [6, 6.07) is 19.3. The van der Waals surface area contributed by atoms with Gasteiger partial charge in [-0.3, -0.25) is 0 Å². The van der Waals surface area contributed by atoms with E-state index in [1.54, 1.807) is 5.06 Å². The smallest absolute Gasteiger partial charge is 0.426 e. The fourth-order valence-corrected chi connectivity index (χ4v) is 8.78. The van der Waals surface area contributed by atoms with Crippen LogP contribution in [0.1, 0.15) is 48.7 Å². The molecule has 2 saturated heterocycles. The van der Waals surface area contributed by atoms with Gasteiger partial charge >= 0.3 is 12.1 Å². The van der Waals surface area contributed by atoms with Crippen molar-refractivity contribution in [2.75, 3.05) is 45.1 Å². The number of anilines is 1. The van der Waals surface area contributed by atoms with Crippen molar-refractivity contribution in [3.05, 3.63) is 86.6 Å². The number of halogens is 2. The fourth-order valence-electron chi connectivity index (χ4n) is 7.50. The van der Waals surface area contributed by atoms with E-state index >= 15 is 0 Å². The van der Waals surface area contributed by atoms with Gasteiger partial charge < -0.3 is 34.9 Å². The summed E-state index contributed by atoms with van der Waals surface area (Å²) in [5.41, 5.74) is 4.84. The Kier molecular flexibility index (Phi) is 10.6. The van der Waals surface area contributed by atoms with Crippen LogP contribution in [0.2, 0.25) is 0 Å². The highest BCUT2D eigenvalue weighted by Crippen LogP contribution is 2.35. The summed E-state index contributed by atoms with van der Waals surface area (Å²) in [7, 11) is 2.17. The maximum absolute atomic E-state index is 13.7. The van der Waals surface area contributed by atoms with Crippen molar-refractivity contribution in [2.45, 2.75) is 57.2 Å². The monoisotopic (exact) mass is 807 g/mol. The second-order valence-electron chi connectivity index (χ2n) is 13.7. The molecule has 4 aromatic rings. The van der Waals surface area contributed by atoms with E-state index < -0.39 is 12.1 Å². The van der Waals surface area contributed by atoms with Crippen molar-refractivity contribution in [2.24, 2.45) is 5.92 Å². The Morgan fingerprint density at radius 3 is 2.46 bits per heavy atom. The van der Waals surface area contributed by atoms with Gasteiger partial charge in [0.25, 0.3) is 0 Å². The number of likely N-dealkylation sites (tertiary alicyclic amines) is 1. The number of aromatic nitrogens is 2. The minimum atomic E-state index is -0.550. The minimum absolute atomic E-state index is 0.0610. The van der Waals surface area contributed by atoms with E-state index in [1.807, 2.05) is 53.4 Å². The molecule has 11 nitrogen and oxygen atoms in total. The first-order valence-corrected chi connectivity index (χ1v) is 19.0. The molecule has 50 heavy (non-hydrogen) atoms. The molecule has 3 aliphatic heterocycles. The molecule has 7 rings (SSSR count). The number of carbonyl (C=O) groups excluding carboxylic acids is 2. The molecule has 264 valence electrons. The third kappa shape index (κ3) is 7.80. The van der Waals surface area contributed by atoms with Gasteiger partial charge in [0.2, 0.25) is 0 Å². The number of hydrogen-bond acceptors (Lipinski definition) is 7. The summed E-state index contributed by atoms with van der Waals surface area (Å²) in [5, 5.41) is 18.3. The Balaban J connectivity index is 1.07. The number of carbonyl (C=O) groups is 2. The van der Waals surface area contributed by atoms with Crippen LogP contribution in [0, 0.1) is 5.92 Å². The molecule has 13 heteroatoms. The van der Waals surface area contributed by atoms with E-state index in [1.165, 1.54) is 0 Å². The van der Waals surface area contributed by atoms with Gasteiger partial charge in [-0.15, -0.1) is 5.06 Å². The van der Waals surface area contributed by atoms with Crippen LogP contribution in [0.25, 0.3) is 11.0 Å². The standard InChI is InChI=1S/C37H43Br2N7O4/c1-43-15-10-24(11-16-43)23-46-33-9-5-4-8-31(33)40-35(46)32(22-25-20-28(38)34(47)29(39)21-25)42-37(49)50-44-17-13-27(14-18-44)45-19-12-26-6-2-3-7-30(26)41-36(45)48/h2-9,20-21,24,27,32,47H,10-19,22-23H2,1H3,(H,41,48)(H,42,49)/t32-/m1/s1. The summed E-state index contributed by atoms with van der Waals surface area (Å²) in [6.07, 6.45) is 4.27. The van der Waals surface area contributed by atoms with Gasteiger partial charge in [-0.05, 0) is 131 Å². The molecule has 3 aliphatic rings. The zero-order valence-electron chi connectivity index (χ0n) is 28.2. The first-order chi connectivity index (χ1) is 24.2. The topological polar surface area (TPSA) is 115 Å². The zero-order chi connectivity index (χ0) is 34.8. The first-order valence-electron chi connectivity index (χ1n) is 17.4. The summed E-state index contributed by atoms with van der Waals surface area (Å²) in [4.78, 5) is 42.1. The number of urea groups is 1. The van der Waals surface area contributed by atoms with E-state index in [4.69, 9.17) is 9.82 Å². The molecule has 3 amide bonds. The Labute approximate surface area is 309 Å². The highest BCUT2D eigenvalue weighted by Gasteiger charge is 2.32. The van der Waals surface area contributed by atoms with Crippen LogP contribution in [0.3, 0.4) is 0 Å². The minimum Gasteiger partial charge on any atom is -0.506 e. The van der Waals surface area contributed by atoms with Gasteiger partial charge in [0.1, 0.15) is 11.6 Å². The van der Waals surface area contributed by atoms with Crippen LogP contribution in [0.15, 0.2) is 69.6 Å². The molecule has 1 atom stereocenters. The molecule has 0 radical (unpaired) electrons. The van der Waals surface area contributed by atoms with Crippen molar-refractivity contribution in [1.82, 2.24) is 29.7 Å². The number of piperidine rings is 2. The van der Waals surface area contributed by atoms with Gasteiger partial charge in [-0.1, -0.05) is 30.3 Å². The lowest BCUT2D eigenvalue weighted by Crippen LogP contribution is -2.49. The van der Waals surface area contributed by atoms with Gasteiger partial charge in [0, 0.05) is 44.3 Å². The van der Waals surface area contributed by atoms with Crippen LogP contribution in [0.5, 0.6) is 5.75 Å². The van der Waals surface area contributed by atoms with Crippen molar-refractivity contribution in [3.63, 3.8) is 0 Å². The molecule has 0 aliphatic carbocycles. The summed E-state index contributed by atoms with van der Waals surface area (Å²) in [5.74, 6) is 1.39.